The van der Waals surface area contributed by atoms with Gasteiger partial charge in [-0.1, -0.05) is 44.2 Å². The predicted octanol–water partition coefficient (Wildman–Crippen LogP) is 2.83. The molecule has 3 amide bonds. The van der Waals surface area contributed by atoms with Crippen molar-refractivity contribution in [3.8, 4) is 0 Å². The average molecular weight is 389 g/mol. The molecule has 3 N–H and O–H groups in total. The summed E-state index contributed by atoms with van der Waals surface area (Å²) in [7, 11) is 0. The number of hydrogen-bond donors (Lipinski definition) is 2. The third kappa shape index (κ3) is 7.50. The number of benzene rings is 1. The molecule has 1 saturated heterocycles. The average Bonchev–Trinajstić information content (AvgIpc) is 2.70. The molecule has 0 spiro atoms. The molecule has 0 aliphatic carbocycles. The molecule has 0 aromatic heterocycles. The number of rotatable bonds is 9. The van der Waals surface area contributed by atoms with E-state index in [0.29, 0.717) is 45.1 Å². The summed E-state index contributed by atoms with van der Waals surface area (Å²) in [5.41, 5.74) is 6.80. The van der Waals surface area contributed by atoms with Gasteiger partial charge in [-0.05, 0) is 43.2 Å². The highest BCUT2D eigenvalue weighted by atomic mass is 16.2. The Morgan fingerprint density at radius 1 is 1.29 bits per heavy atom. The summed E-state index contributed by atoms with van der Waals surface area (Å²) < 4.78 is 0. The van der Waals surface area contributed by atoms with Crippen LogP contribution in [0.2, 0.25) is 0 Å². The van der Waals surface area contributed by atoms with Crippen molar-refractivity contribution in [2.24, 2.45) is 17.6 Å². The van der Waals surface area contributed by atoms with E-state index in [0.717, 1.165) is 31.4 Å². The summed E-state index contributed by atoms with van der Waals surface area (Å²) in [5, 5.41) is 2.99. The maximum atomic E-state index is 13.0. The smallest absolute Gasteiger partial charge is 0.317 e. The van der Waals surface area contributed by atoms with E-state index in [1.165, 1.54) is 0 Å². The molecule has 0 radical (unpaired) electrons. The third-order valence-corrected chi connectivity index (χ3v) is 5.13. The Hall–Kier alpha value is -2.08. The van der Waals surface area contributed by atoms with Crippen molar-refractivity contribution in [3.05, 3.63) is 35.9 Å². The van der Waals surface area contributed by atoms with E-state index >= 15 is 0 Å². The SMILES string of the molecule is CC(C)CNC(=O)N1CCCC(CC(=O)N(CCCN)Cc2ccccc2)C1. The van der Waals surface area contributed by atoms with Crippen LogP contribution in [0.1, 0.15) is 45.1 Å². The Labute approximate surface area is 169 Å². The fourth-order valence-electron chi connectivity index (χ4n) is 3.57. The molecule has 156 valence electrons. The number of carbonyl (C=O) groups excluding carboxylic acids is 2. The van der Waals surface area contributed by atoms with Crippen molar-refractivity contribution >= 4 is 11.9 Å². The second kappa shape index (κ2) is 11.7. The van der Waals surface area contributed by atoms with Crippen molar-refractivity contribution in [1.29, 1.82) is 0 Å². The summed E-state index contributed by atoms with van der Waals surface area (Å²) in [6.45, 7) is 8.15. The lowest BCUT2D eigenvalue weighted by atomic mass is 9.94. The van der Waals surface area contributed by atoms with Crippen LogP contribution in [0.25, 0.3) is 0 Å². The summed E-state index contributed by atoms with van der Waals surface area (Å²) in [4.78, 5) is 29.1. The van der Waals surface area contributed by atoms with E-state index in [2.05, 4.69) is 19.2 Å². The fourth-order valence-corrected chi connectivity index (χ4v) is 3.57. The number of likely N-dealkylation sites (tertiary alicyclic amines) is 1. The van der Waals surface area contributed by atoms with Gasteiger partial charge in [-0.2, -0.15) is 0 Å². The van der Waals surface area contributed by atoms with Gasteiger partial charge in [-0.15, -0.1) is 0 Å². The lowest BCUT2D eigenvalue weighted by Crippen LogP contribution is -2.47. The normalized spacial score (nSPS) is 16.9. The van der Waals surface area contributed by atoms with Crippen LogP contribution in [0.3, 0.4) is 0 Å². The molecule has 1 fully saturated rings. The molecular weight excluding hydrogens is 352 g/mol. The Morgan fingerprint density at radius 2 is 2.04 bits per heavy atom. The monoisotopic (exact) mass is 388 g/mol. The first-order valence-corrected chi connectivity index (χ1v) is 10.5. The molecule has 1 aliphatic rings. The second-order valence-electron chi connectivity index (χ2n) is 8.18. The van der Waals surface area contributed by atoms with E-state index in [9.17, 15) is 9.59 Å². The van der Waals surface area contributed by atoms with E-state index in [1.54, 1.807) is 0 Å². The molecule has 6 nitrogen and oxygen atoms in total. The van der Waals surface area contributed by atoms with Gasteiger partial charge in [0.05, 0.1) is 0 Å². The topological polar surface area (TPSA) is 78.7 Å². The van der Waals surface area contributed by atoms with Gasteiger partial charge in [0.15, 0.2) is 0 Å². The van der Waals surface area contributed by atoms with Gasteiger partial charge >= 0.3 is 6.03 Å². The van der Waals surface area contributed by atoms with Crippen molar-refractivity contribution in [3.63, 3.8) is 0 Å². The van der Waals surface area contributed by atoms with Crippen LogP contribution in [0.15, 0.2) is 30.3 Å². The van der Waals surface area contributed by atoms with Crippen LogP contribution in [0.5, 0.6) is 0 Å². The molecule has 1 unspecified atom stereocenters. The highest BCUT2D eigenvalue weighted by Crippen LogP contribution is 2.21. The minimum atomic E-state index is -0.00452. The summed E-state index contributed by atoms with van der Waals surface area (Å²) in [5.74, 6) is 0.814. The van der Waals surface area contributed by atoms with Gasteiger partial charge in [0.25, 0.3) is 0 Å². The molecule has 0 bridgehead atoms. The second-order valence-corrected chi connectivity index (χ2v) is 8.18. The van der Waals surface area contributed by atoms with Gasteiger partial charge in [0.1, 0.15) is 0 Å². The summed E-state index contributed by atoms with van der Waals surface area (Å²) in [6, 6.07) is 10.1. The van der Waals surface area contributed by atoms with E-state index in [1.807, 2.05) is 40.1 Å². The number of nitrogens with one attached hydrogen (secondary N) is 1. The van der Waals surface area contributed by atoms with Gasteiger partial charge in [0, 0.05) is 39.1 Å². The number of piperidine rings is 1. The number of carbonyl (C=O) groups is 2. The molecular formula is C22H36N4O2. The first-order valence-electron chi connectivity index (χ1n) is 10.5. The number of hydrogen-bond acceptors (Lipinski definition) is 3. The molecule has 1 aromatic rings. The zero-order chi connectivity index (χ0) is 20.4. The molecule has 1 heterocycles. The predicted molar refractivity (Wildman–Crippen MR) is 113 cm³/mol. The Morgan fingerprint density at radius 3 is 2.71 bits per heavy atom. The quantitative estimate of drug-likeness (QED) is 0.683. The Balaban J connectivity index is 1.90. The molecule has 1 aliphatic heterocycles. The van der Waals surface area contributed by atoms with Crippen molar-refractivity contribution in [2.75, 3.05) is 32.7 Å². The maximum absolute atomic E-state index is 13.0. The lowest BCUT2D eigenvalue weighted by molar-refractivity contribution is -0.133. The third-order valence-electron chi connectivity index (χ3n) is 5.13. The van der Waals surface area contributed by atoms with Crippen molar-refractivity contribution in [1.82, 2.24) is 15.1 Å². The van der Waals surface area contributed by atoms with Gasteiger partial charge in [-0.25, -0.2) is 4.79 Å². The van der Waals surface area contributed by atoms with E-state index in [4.69, 9.17) is 5.73 Å². The van der Waals surface area contributed by atoms with Crippen LogP contribution in [0.4, 0.5) is 4.79 Å². The van der Waals surface area contributed by atoms with Crippen molar-refractivity contribution in [2.45, 2.75) is 46.1 Å². The summed E-state index contributed by atoms with van der Waals surface area (Å²) >= 11 is 0. The van der Waals surface area contributed by atoms with Crippen molar-refractivity contribution < 1.29 is 9.59 Å². The first kappa shape index (κ1) is 22.2. The maximum Gasteiger partial charge on any atom is 0.317 e. The lowest BCUT2D eigenvalue weighted by Gasteiger charge is -2.34. The Bertz CT molecular complexity index is 606. The number of nitrogens with zero attached hydrogens (tertiary/aromatic N) is 2. The zero-order valence-electron chi connectivity index (χ0n) is 17.4. The molecule has 6 heteroatoms. The number of amides is 3. The molecule has 2 rings (SSSR count). The number of nitrogens with two attached hydrogens (primary N) is 1. The van der Waals surface area contributed by atoms with E-state index < -0.39 is 0 Å². The summed E-state index contributed by atoms with van der Waals surface area (Å²) in [6.07, 6.45) is 3.24. The van der Waals surface area contributed by atoms with Crippen LogP contribution in [0, 0.1) is 11.8 Å². The Kier molecular flexibility index (Phi) is 9.28. The van der Waals surface area contributed by atoms with Gasteiger partial charge in [0.2, 0.25) is 5.91 Å². The highest BCUT2D eigenvalue weighted by molar-refractivity contribution is 5.77. The molecule has 0 saturated carbocycles. The van der Waals surface area contributed by atoms with Crippen LogP contribution < -0.4 is 11.1 Å². The molecule has 28 heavy (non-hydrogen) atoms. The molecule has 1 aromatic carbocycles. The van der Waals surface area contributed by atoms with Gasteiger partial charge in [-0.3, -0.25) is 4.79 Å². The fraction of sp³-hybridized carbons (Fsp3) is 0.636. The standard InChI is InChI=1S/C22H36N4O2/c1-18(2)15-24-22(28)26-12-6-10-20(17-26)14-21(27)25(13-7-11-23)16-19-8-4-3-5-9-19/h3-5,8-9,18,20H,6-7,10-17,23H2,1-2H3,(H,24,28). The number of urea groups is 1. The largest absolute Gasteiger partial charge is 0.338 e. The minimum absolute atomic E-state index is 0.00452. The molecule has 1 atom stereocenters. The zero-order valence-corrected chi connectivity index (χ0v) is 17.4. The highest BCUT2D eigenvalue weighted by Gasteiger charge is 2.27. The minimum Gasteiger partial charge on any atom is -0.338 e. The van der Waals surface area contributed by atoms with Crippen LogP contribution in [-0.2, 0) is 11.3 Å². The van der Waals surface area contributed by atoms with Crippen LogP contribution in [-0.4, -0.2) is 54.5 Å². The van der Waals surface area contributed by atoms with E-state index in [-0.39, 0.29) is 17.9 Å². The van der Waals surface area contributed by atoms with Crippen LogP contribution >= 0.6 is 0 Å². The first-order chi connectivity index (χ1) is 13.5. The van der Waals surface area contributed by atoms with Gasteiger partial charge < -0.3 is 20.9 Å².